The van der Waals surface area contributed by atoms with Crippen LogP contribution >= 0.6 is 11.3 Å². The smallest absolute Gasteiger partial charge is 0.254 e. The summed E-state index contributed by atoms with van der Waals surface area (Å²) in [4.78, 5) is 25.4. The number of hydrogen-bond acceptors (Lipinski definition) is 6. The van der Waals surface area contributed by atoms with Gasteiger partial charge >= 0.3 is 0 Å². The molecule has 3 heterocycles. The summed E-state index contributed by atoms with van der Waals surface area (Å²) in [6.45, 7) is 2.95. The third-order valence-corrected chi connectivity index (χ3v) is 5.06. The fourth-order valence-corrected chi connectivity index (χ4v) is 3.65. The number of nitrogens with zero attached hydrogens (tertiary/aromatic N) is 4. The highest BCUT2D eigenvalue weighted by Gasteiger charge is 2.23. The number of hydrogen-bond donors (Lipinski definition) is 1. The highest BCUT2D eigenvalue weighted by molar-refractivity contribution is 7.22. The van der Waals surface area contributed by atoms with Crippen LogP contribution in [0.25, 0.3) is 10.2 Å². The number of thiazole rings is 1. The molecule has 0 spiro atoms. The third kappa shape index (κ3) is 2.78. The Morgan fingerprint density at radius 3 is 2.71 bits per heavy atom. The molecule has 1 aromatic carbocycles. The van der Waals surface area contributed by atoms with Crippen molar-refractivity contribution >= 4 is 38.4 Å². The Bertz CT molecular complexity index is 871. The minimum Gasteiger partial charge on any atom is -0.375 e. The predicted octanol–water partition coefficient (Wildman–Crippen LogP) is 2.24. The van der Waals surface area contributed by atoms with E-state index in [0.29, 0.717) is 23.8 Å². The molecule has 1 fully saturated rings. The average molecular weight is 339 g/mol. The number of amides is 1. The molecule has 1 amide bonds. The van der Waals surface area contributed by atoms with Crippen molar-refractivity contribution in [1.82, 2.24) is 14.9 Å². The van der Waals surface area contributed by atoms with Crippen LogP contribution in [0.4, 0.5) is 10.9 Å². The lowest BCUT2D eigenvalue weighted by atomic mass is 10.1. The van der Waals surface area contributed by atoms with E-state index < -0.39 is 0 Å². The Labute approximate surface area is 143 Å². The van der Waals surface area contributed by atoms with Gasteiger partial charge in [0.1, 0.15) is 5.82 Å². The van der Waals surface area contributed by atoms with Crippen molar-refractivity contribution in [1.29, 1.82) is 0 Å². The van der Waals surface area contributed by atoms with E-state index in [4.69, 9.17) is 5.73 Å². The van der Waals surface area contributed by atoms with E-state index in [1.807, 2.05) is 41.3 Å². The summed E-state index contributed by atoms with van der Waals surface area (Å²) < 4.78 is 1.00. The molecule has 4 rings (SSSR count). The molecule has 1 aliphatic heterocycles. The van der Waals surface area contributed by atoms with Gasteiger partial charge in [0.05, 0.1) is 10.2 Å². The molecule has 24 heavy (non-hydrogen) atoms. The maximum absolute atomic E-state index is 12.7. The van der Waals surface area contributed by atoms with Crippen LogP contribution in [0.5, 0.6) is 0 Å². The number of benzene rings is 1. The zero-order chi connectivity index (χ0) is 16.5. The number of carbonyl (C=O) groups is 1. The summed E-state index contributed by atoms with van der Waals surface area (Å²) in [5.41, 5.74) is 7.18. The first kappa shape index (κ1) is 14.9. The second-order valence-corrected chi connectivity index (χ2v) is 6.76. The fraction of sp³-hybridized carbons (Fsp3) is 0.235. The summed E-state index contributed by atoms with van der Waals surface area (Å²) in [5.74, 6) is 1.01. The molecule has 0 aliphatic carbocycles. The molecule has 0 saturated carbocycles. The third-order valence-electron chi connectivity index (χ3n) is 4.19. The lowest BCUT2D eigenvalue weighted by molar-refractivity contribution is 0.0746. The standard InChI is InChI=1S/C17H17N5OS/c18-17-20-13-11-12(4-5-14(13)24-17)16(23)22-9-7-21(8-10-22)15-3-1-2-6-19-15/h1-6,11H,7-10H2,(H2,18,20). The van der Waals surface area contributed by atoms with Gasteiger partial charge in [-0.3, -0.25) is 4.79 Å². The van der Waals surface area contributed by atoms with Gasteiger partial charge < -0.3 is 15.5 Å². The number of fused-ring (bicyclic) bond motifs is 1. The van der Waals surface area contributed by atoms with Gasteiger partial charge in [-0.05, 0) is 30.3 Å². The van der Waals surface area contributed by atoms with E-state index in [0.717, 1.165) is 29.1 Å². The van der Waals surface area contributed by atoms with Crippen molar-refractivity contribution < 1.29 is 4.79 Å². The maximum Gasteiger partial charge on any atom is 0.254 e. The van der Waals surface area contributed by atoms with Gasteiger partial charge in [-0.15, -0.1) is 0 Å². The molecule has 3 aromatic rings. The highest BCUT2D eigenvalue weighted by atomic mass is 32.1. The molecule has 1 aliphatic rings. The normalized spacial score (nSPS) is 15.0. The van der Waals surface area contributed by atoms with Crippen LogP contribution in [0.15, 0.2) is 42.6 Å². The molecule has 122 valence electrons. The highest BCUT2D eigenvalue weighted by Crippen LogP contribution is 2.25. The summed E-state index contributed by atoms with van der Waals surface area (Å²) in [7, 11) is 0. The number of piperazine rings is 1. The number of anilines is 2. The van der Waals surface area contributed by atoms with Crippen molar-refractivity contribution in [3.63, 3.8) is 0 Å². The van der Waals surface area contributed by atoms with Gasteiger partial charge in [-0.2, -0.15) is 0 Å². The van der Waals surface area contributed by atoms with Crippen LogP contribution in [0.2, 0.25) is 0 Å². The SMILES string of the molecule is Nc1nc2cc(C(=O)N3CCN(c4ccccn4)CC3)ccc2s1. The fourth-order valence-electron chi connectivity index (χ4n) is 2.94. The lowest BCUT2D eigenvalue weighted by Gasteiger charge is -2.35. The Balaban J connectivity index is 1.47. The second kappa shape index (κ2) is 6.09. The molecule has 0 radical (unpaired) electrons. The first-order valence-corrected chi connectivity index (χ1v) is 8.64. The summed E-state index contributed by atoms with van der Waals surface area (Å²) >= 11 is 1.43. The van der Waals surface area contributed by atoms with Gasteiger partial charge in [0, 0.05) is 37.9 Å². The van der Waals surface area contributed by atoms with E-state index in [-0.39, 0.29) is 5.91 Å². The van der Waals surface area contributed by atoms with Crippen LogP contribution in [0.1, 0.15) is 10.4 Å². The molecule has 6 nitrogen and oxygen atoms in total. The minimum atomic E-state index is 0.0455. The molecular weight excluding hydrogens is 322 g/mol. The molecule has 2 N–H and O–H groups in total. The molecular formula is C17H17N5OS. The first-order chi connectivity index (χ1) is 11.7. The quantitative estimate of drug-likeness (QED) is 0.775. The van der Waals surface area contributed by atoms with Gasteiger partial charge in [-0.25, -0.2) is 9.97 Å². The zero-order valence-electron chi connectivity index (χ0n) is 13.1. The Morgan fingerprint density at radius 1 is 1.12 bits per heavy atom. The summed E-state index contributed by atoms with van der Waals surface area (Å²) in [6, 6.07) is 11.5. The molecule has 1 saturated heterocycles. The number of carbonyl (C=O) groups excluding carboxylic acids is 1. The first-order valence-electron chi connectivity index (χ1n) is 7.82. The molecule has 2 aromatic heterocycles. The zero-order valence-corrected chi connectivity index (χ0v) is 13.9. The van der Waals surface area contributed by atoms with Crippen molar-refractivity contribution in [2.24, 2.45) is 0 Å². The van der Waals surface area contributed by atoms with Gasteiger partial charge in [-0.1, -0.05) is 17.4 Å². The van der Waals surface area contributed by atoms with Gasteiger partial charge in [0.15, 0.2) is 5.13 Å². The van der Waals surface area contributed by atoms with Crippen LogP contribution < -0.4 is 10.6 Å². The summed E-state index contributed by atoms with van der Waals surface area (Å²) in [5, 5.41) is 0.526. The minimum absolute atomic E-state index is 0.0455. The number of rotatable bonds is 2. The van der Waals surface area contributed by atoms with Crippen molar-refractivity contribution in [2.45, 2.75) is 0 Å². The van der Waals surface area contributed by atoms with Crippen LogP contribution in [0, 0.1) is 0 Å². The van der Waals surface area contributed by atoms with Gasteiger partial charge in [0.2, 0.25) is 0 Å². The van der Waals surface area contributed by atoms with Crippen LogP contribution in [-0.4, -0.2) is 47.0 Å². The Morgan fingerprint density at radius 2 is 1.96 bits per heavy atom. The largest absolute Gasteiger partial charge is 0.375 e. The number of nitrogens with two attached hydrogens (primary N) is 1. The monoisotopic (exact) mass is 339 g/mol. The van der Waals surface area contributed by atoms with E-state index in [1.54, 1.807) is 6.20 Å². The van der Waals surface area contributed by atoms with E-state index in [1.165, 1.54) is 11.3 Å². The number of aromatic nitrogens is 2. The molecule has 0 unspecified atom stereocenters. The molecule has 7 heteroatoms. The maximum atomic E-state index is 12.7. The Hall–Kier alpha value is -2.67. The van der Waals surface area contributed by atoms with Crippen LogP contribution in [-0.2, 0) is 0 Å². The van der Waals surface area contributed by atoms with Crippen molar-refractivity contribution in [3.05, 3.63) is 48.2 Å². The van der Waals surface area contributed by atoms with E-state index in [2.05, 4.69) is 14.9 Å². The van der Waals surface area contributed by atoms with E-state index >= 15 is 0 Å². The number of nitrogen functional groups attached to an aromatic ring is 1. The van der Waals surface area contributed by atoms with Crippen molar-refractivity contribution in [3.8, 4) is 0 Å². The van der Waals surface area contributed by atoms with E-state index in [9.17, 15) is 4.79 Å². The molecule has 0 bridgehead atoms. The second-order valence-electron chi connectivity index (χ2n) is 5.70. The summed E-state index contributed by atoms with van der Waals surface area (Å²) in [6.07, 6.45) is 1.79. The Kier molecular flexibility index (Phi) is 3.78. The topological polar surface area (TPSA) is 75.3 Å². The van der Waals surface area contributed by atoms with Crippen molar-refractivity contribution in [2.75, 3.05) is 36.8 Å². The average Bonchev–Trinajstić information content (AvgIpc) is 3.01. The van der Waals surface area contributed by atoms with Crippen LogP contribution in [0.3, 0.4) is 0 Å². The molecule has 0 atom stereocenters. The lowest BCUT2D eigenvalue weighted by Crippen LogP contribution is -2.49. The predicted molar refractivity (Wildman–Crippen MR) is 96.4 cm³/mol. The number of pyridine rings is 1. The van der Waals surface area contributed by atoms with Gasteiger partial charge in [0.25, 0.3) is 5.91 Å².